The second-order valence-electron chi connectivity index (χ2n) is 7.28. The van der Waals surface area contributed by atoms with Crippen molar-refractivity contribution in [3.63, 3.8) is 0 Å². The Labute approximate surface area is 132 Å². The normalized spacial score (nSPS) is 23.9. The fourth-order valence-electron chi connectivity index (χ4n) is 4.56. The number of hydrogen-bond acceptors (Lipinski definition) is 0. The van der Waals surface area contributed by atoms with E-state index in [0.29, 0.717) is 0 Å². The molecule has 1 aromatic heterocycles. The molecule has 1 unspecified atom stereocenters. The Hall–Kier alpha value is -2.02. The van der Waals surface area contributed by atoms with Crippen LogP contribution in [0.2, 0.25) is 0 Å². The minimum atomic E-state index is 0.0906. The van der Waals surface area contributed by atoms with Crippen LogP contribution < -0.4 is 0 Å². The van der Waals surface area contributed by atoms with Crippen LogP contribution in [0.25, 0.3) is 10.9 Å². The van der Waals surface area contributed by atoms with Crippen molar-refractivity contribution in [2.45, 2.75) is 38.5 Å². The molecule has 1 atom stereocenters. The molecule has 0 spiro atoms. The summed E-state index contributed by atoms with van der Waals surface area (Å²) in [5, 5.41) is 1.32. The zero-order valence-corrected chi connectivity index (χ0v) is 13.4. The summed E-state index contributed by atoms with van der Waals surface area (Å²) in [6.07, 6.45) is 3.78. The van der Waals surface area contributed by atoms with Gasteiger partial charge in [-0.05, 0) is 41.3 Å². The van der Waals surface area contributed by atoms with Crippen LogP contribution in [0.4, 0.5) is 0 Å². The van der Waals surface area contributed by atoms with Crippen molar-refractivity contribution in [3.8, 4) is 0 Å². The van der Waals surface area contributed by atoms with Crippen molar-refractivity contribution in [1.29, 1.82) is 0 Å². The van der Waals surface area contributed by atoms with Gasteiger partial charge < -0.3 is 4.98 Å². The minimum absolute atomic E-state index is 0.0906. The molecular formula is C21H23N. The molecule has 4 rings (SSSR count). The topological polar surface area (TPSA) is 15.8 Å². The molecule has 0 amide bonds. The average molecular weight is 289 g/mol. The molecule has 112 valence electrons. The molecule has 1 aliphatic rings. The van der Waals surface area contributed by atoms with Crippen molar-refractivity contribution < 1.29 is 0 Å². The second kappa shape index (κ2) is 4.74. The Morgan fingerprint density at radius 2 is 1.59 bits per heavy atom. The van der Waals surface area contributed by atoms with E-state index >= 15 is 0 Å². The zero-order valence-electron chi connectivity index (χ0n) is 13.4. The van der Waals surface area contributed by atoms with E-state index in [0.717, 1.165) is 0 Å². The van der Waals surface area contributed by atoms with Gasteiger partial charge in [0.05, 0.1) is 0 Å². The molecule has 0 radical (unpaired) electrons. The number of para-hydroxylation sites is 1. The van der Waals surface area contributed by atoms with Gasteiger partial charge in [0.2, 0.25) is 0 Å². The second-order valence-corrected chi connectivity index (χ2v) is 7.28. The molecule has 1 heterocycles. The number of nitrogens with one attached hydrogen (secondary N) is 1. The van der Waals surface area contributed by atoms with Crippen LogP contribution in [0.1, 0.15) is 44.4 Å². The van der Waals surface area contributed by atoms with Gasteiger partial charge in [-0.2, -0.15) is 0 Å². The number of aromatic amines is 1. The Morgan fingerprint density at radius 3 is 2.27 bits per heavy atom. The molecule has 0 saturated heterocycles. The van der Waals surface area contributed by atoms with Gasteiger partial charge in [0, 0.05) is 16.6 Å². The third kappa shape index (κ3) is 1.78. The highest BCUT2D eigenvalue weighted by Crippen LogP contribution is 2.57. The Kier molecular flexibility index (Phi) is 2.94. The van der Waals surface area contributed by atoms with Gasteiger partial charge in [0.1, 0.15) is 0 Å². The highest BCUT2D eigenvalue weighted by atomic mass is 14.8. The van der Waals surface area contributed by atoms with Gasteiger partial charge in [-0.25, -0.2) is 0 Å². The number of benzene rings is 2. The first-order valence-electron chi connectivity index (χ1n) is 8.27. The first-order valence-corrected chi connectivity index (χ1v) is 8.27. The van der Waals surface area contributed by atoms with Crippen molar-refractivity contribution >= 4 is 10.9 Å². The lowest BCUT2D eigenvalue weighted by atomic mass is 9.62. The zero-order chi connectivity index (χ0) is 15.2. The predicted molar refractivity (Wildman–Crippen MR) is 93.2 cm³/mol. The standard InChI is InChI=1S/C21H23N/c1-20(2)13-8-14-21(20,17-10-4-3-5-11-17)19-15-16-9-6-7-12-18(16)22-19/h3-7,9-12,15,22H,8,13-14H2,1-2H3. The Morgan fingerprint density at radius 1 is 0.864 bits per heavy atom. The summed E-state index contributed by atoms with van der Waals surface area (Å²) in [6, 6.07) is 22.1. The van der Waals surface area contributed by atoms with E-state index in [1.807, 2.05) is 0 Å². The maximum Gasteiger partial charge on any atom is 0.0456 e. The lowest BCUT2D eigenvalue weighted by Crippen LogP contribution is -2.38. The molecule has 22 heavy (non-hydrogen) atoms. The van der Waals surface area contributed by atoms with Crippen LogP contribution in [0.3, 0.4) is 0 Å². The summed E-state index contributed by atoms with van der Waals surface area (Å²) in [7, 11) is 0. The van der Waals surface area contributed by atoms with E-state index in [1.54, 1.807) is 0 Å². The Bertz CT molecular complexity index is 764. The fraction of sp³-hybridized carbons (Fsp3) is 0.333. The summed E-state index contributed by atoms with van der Waals surface area (Å²) < 4.78 is 0. The molecule has 1 N–H and O–H groups in total. The summed E-state index contributed by atoms with van der Waals surface area (Å²) in [5.74, 6) is 0. The van der Waals surface area contributed by atoms with Gasteiger partial charge in [-0.1, -0.05) is 68.8 Å². The smallest absolute Gasteiger partial charge is 0.0456 e. The third-order valence-corrected chi connectivity index (χ3v) is 5.77. The lowest BCUT2D eigenvalue weighted by molar-refractivity contribution is 0.243. The summed E-state index contributed by atoms with van der Waals surface area (Å²) in [4.78, 5) is 3.73. The van der Waals surface area contributed by atoms with Gasteiger partial charge in [0.15, 0.2) is 0 Å². The third-order valence-electron chi connectivity index (χ3n) is 5.77. The lowest BCUT2D eigenvalue weighted by Gasteiger charge is -2.42. The molecule has 1 aliphatic carbocycles. The molecule has 1 saturated carbocycles. The SMILES string of the molecule is CC1(C)CCCC1(c1ccccc1)c1cc2ccccc2[nH]1. The summed E-state index contributed by atoms with van der Waals surface area (Å²) in [6.45, 7) is 4.86. The molecule has 3 aromatic rings. The first-order chi connectivity index (χ1) is 10.6. The molecule has 1 heteroatoms. The van der Waals surface area contributed by atoms with Crippen LogP contribution in [0.15, 0.2) is 60.7 Å². The van der Waals surface area contributed by atoms with Crippen LogP contribution in [-0.2, 0) is 5.41 Å². The number of rotatable bonds is 2. The van der Waals surface area contributed by atoms with Crippen molar-refractivity contribution in [1.82, 2.24) is 4.98 Å². The van der Waals surface area contributed by atoms with Crippen LogP contribution >= 0.6 is 0 Å². The highest BCUT2D eigenvalue weighted by Gasteiger charge is 2.51. The quantitative estimate of drug-likeness (QED) is 0.626. The fourth-order valence-corrected chi connectivity index (χ4v) is 4.56. The average Bonchev–Trinajstić information content (AvgIpc) is 3.08. The number of aromatic nitrogens is 1. The molecule has 2 aromatic carbocycles. The van der Waals surface area contributed by atoms with E-state index in [4.69, 9.17) is 0 Å². The van der Waals surface area contributed by atoms with Crippen LogP contribution in [-0.4, -0.2) is 4.98 Å². The molecular weight excluding hydrogens is 266 g/mol. The maximum atomic E-state index is 3.73. The molecule has 1 fully saturated rings. The van der Waals surface area contributed by atoms with E-state index in [1.165, 1.54) is 41.4 Å². The van der Waals surface area contributed by atoms with Gasteiger partial charge in [-0.3, -0.25) is 0 Å². The minimum Gasteiger partial charge on any atom is -0.358 e. The largest absolute Gasteiger partial charge is 0.358 e. The van der Waals surface area contributed by atoms with E-state index in [-0.39, 0.29) is 10.8 Å². The van der Waals surface area contributed by atoms with Crippen LogP contribution in [0.5, 0.6) is 0 Å². The first kappa shape index (κ1) is 13.6. The highest BCUT2D eigenvalue weighted by molar-refractivity contribution is 5.81. The number of H-pyrrole nitrogens is 1. The van der Waals surface area contributed by atoms with Gasteiger partial charge in [-0.15, -0.1) is 0 Å². The van der Waals surface area contributed by atoms with Crippen molar-refractivity contribution in [3.05, 3.63) is 71.9 Å². The maximum absolute atomic E-state index is 3.73. The summed E-state index contributed by atoms with van der Waals surface area (Å²) >= 11 is 0. The van der Waals surface area contributed by atoms with Crippen molar-refractivity contribution in [2.24, 2.45) is 5.41 Å². The van der Waals surface area contributed by atoms with E-state index < -0.39 is 0 Å². The molecule has 0 aliphatic heterocycles. The number of fused-ring (bicyclic) bond motifs is 1. The monoisotopic (exact) mass is 289 g/mol. The predicted octanol–water partition coefficient (Wildman–Crippen LogP) is 5.66. The summed E-state index contributed by atoms with van der Waals surface area (Å²) in [5.41, 5.74) is 4.42. The molecule has 1 nitrogen and oxygen atoms in total. The molecule has 0 bridgehead atoms. The van der Waals surface area contributed by atoms with Crippen molar-refractivity contribution in [2.75, 3.05) is 0 Å². The number of hydrogen-bond donors (Lipinski definition) is 1. The van der Waals surface area contributed by atoms with E-state index in [9.17, 15) is 0 Å². The Balaban J connectivity index is 1.99. The van der Waals surface area contributed by atoms with E-state index in [2.05, 4.69) is 79.5 Å². The van der Waals surface area contributed by atoms with Crippen LogP contribution in [0, 0.1) is 5.41 Å². The van der Waals surface area contributed by atoms with Gasteiger partial charge in [0.25, 0.3) is 0 Å². The van der Waals surface area contributed by atoms with Gasteiger partial charge >= 0.3 is 0 Å².